The largest absolute Gasteiger partial charge is 0.294 e. The number of aryl methyl sites for hydroxylation is 1. The van der Waals surface area contributed by atoms with Crippen molar-refractivity contribution in [3.63, 3.8) is 0 Å². The highest BCUT2D eigenvalue weighted by atomic mass is 127. The van der Waals surface area contributed by atoms with Crippen LogP contribution in [0.4, 0.5) is 0 Å². The Morgan fingerprint density at radius 2 is 1.95 bits per heavy atom. The number of rotatable bonds is 1. The molecule has 1 atom stereocenters. The highest BCUT2D eigenvalue weighted by Crippen LogP contribution is 2.29. The first-order chi connectivity index (χ1) is 9.06. The Morgan fingerprint density at radius 1 is 1.26 bits per heavy atom. The number of hydrogen-bond donors (Lipinski definition) is 0. The molecule has 1 aliphatic rings. The van der Waals surface area contributed by atoms with Crippen molar-refractivity contribution in [2.75, 3.05) is 0 Å². The molecular weight excluding hydrogens is 351 g/mol. The minimum atomic E-state index is 0.239. The zero-order valence-corrected chi connectivity index (χ0v) is 13.1. The summed E-state index contributed by atoms with van der Waals surface area (Å²) in [5, 5.41) is 4.57. The van der Waals surface area contributed by atoms with E-state index in [1.54, 1.807) is 0 Å². The van der Waals surface area contributed by atoms with Crippen LogP contribution in [0, 0.1) is 16.4 Å². The van der Waals surface area contributed by atoms with Crippen LogP contribution in [-0.4, -0.2) is 15.6 Å². The van der Waals surface area contributed by atoms with Crippen LogP contribution in [0.15, 0.2) is 24.3 Å². The molecule has 2 aromatic rings. The van der Waals surface area contributed by atoms with Gasteiger partial charge in [0.05, 0.1) is 22.6 Å². The summed E-state index contributed by atoms with van der Waals surface area (Å²) >= 11 is 2.29. The summed E-state index contributed by atoms with van der Waals surface area (Å²) in [5.41, 5.74) is 3.80. The Balaban J connectivity index is 2.16. The van der Waals surface area contributed by atoms with Gasteiger partial charge in [-0.2, -0.15) is 5.10 Å². The van der Waals surface area contributed by atoms with Gasteiger partial charge in [0.1, 0.15) is 0 Å². The van der Waals surface area contributed by atoms with E-state index in [1.165, 1.54) is 3.57 Å². The first kappa shape index (κ1) is 12.8. The zero-order valence-electron chi connectivity index (χ0n) is 11.0. The lowest BCUT2D eigenvalue weighted by atomic mass is 9.87. The lowest BCUT2D eigenvalue weighted by molar-refractivity contribution is 0.0952. The van der Waals surface area contributed by atoms with Gasteiger partial charge in [-0.25, -0.2) is 4.68 Å². The first-order valence-corrected chi connectivity index (χ1v) is 7.51. The van der Waals surface area contributed by atoms with Crippen LogP contribution in [0.25, 0.3) is 5.69 Å². The van der Waals surface area contributed by atoms with E-state index in [9.17, 15) is 4.79 Å². The summed E-state index contributed by atoms with van der Waals surface area (Å²) in [6.07, 6.45) is 1.57. The molecule has 0 bridgehead atoms. The fourth-order valence-electron chi connectivity index (χ4n) is 2.74. The minimum Gasteiger partial charge on any atom is -0.294 e. The average molecular weight is 366 g/mol. The Morgan fingerprint density at radius 3 is 2.63 bits per heavy atom. The van der Waals surface area contributed by atoms with Crippen molar-refractivity contribution in [3.8, 4) is 5.69 Å². The second-order valence-corrected chi connectivity index (χ2v) is 6.48. The summed E-state index contributed by atoms with van der Waals surface area (Å²) in [4.78, 5) is 12.2. The molecule has 0 amide bonds. The molecule has 1 heterocycles. The molecule has 0 saturated heterocycles. The molecule has 0 spiro atoms. The normalized spacial score (nSPS) is 18.5. The summed E-state index contributed by atoms with van der Waals surface area (Å²) in [6, 6.07) is 8.23. The first-order valence-electron chi connectivity index (χ1n) is 6.44. The molecule has 19 heavy (non-hydrogen) atoms. The Bertz CT molecular complexity index is 643. The summed E-state index contributed by atoms with van der Waals surface area (Å²) < 4.78 is 3.14. The third kappa shape index (κ3) is 2.22. The van der Waals surface area contributed by atoms with Gasteiger partial charge in [-0.15, -0.1) is 0 Å². The predicted molar refractivity (Wildman–Crippen MR) is 82.8 cm³/mol. The second kappa shape index (κ2) is 4.74. The predicted octanol–water partition coefficient (Wildman–Crippen LogP) is 3.55. The van der Waals surface area contributed by atoms with Gasteiger partial charge in [0.25, 0.3) is 0 Å². The Hall–Kier alpha value is -1.17. The van der Waals surface area contributed by atoms with E-state index < -0.39 is 0 Å². The van der Waals surface area contributed by atoms with Crippen LogP contribution in [0.1, 0.15) is 35.1 Å². The standard InChI is InChI=1S/C15H15IN2O/c1-9-7-13-15(14(19)8-9)10(2)17-18(13)12-5-3-11(16)4-6-12/h3-6,9H,7-8H2,1-2H3. The molecule has 0 saturated carbocycles. The molecule has 0 N–H and O–H groups in total. The van der Waals surface area contributed by atoms with Crippen molar-refractivity contribution in [1.29, 1.82) is 0 Å². The topological polar surface area (TPSA) is 34.9 Å². The summed E-state index contributed by atoms with van der Waals surface area (Å²) in [7, 11) is 0. The lowest BCUT2D eigenvalue weighted by Crippen LogP contribution is -2.19. The van der Waals surface area contributed by atoms with Crippen LogP contribution in [0.2, 0.25) is 0 Å². The van der Waals surface area contributed by atoms with E-state index in [4.69, 9.17) is 0 Å². The van der Waals surface area contributed by atoms with Gasteiger partial charge >= 0.3 is 0 Å². The van der Waals surface area contributed by atoms with E-state index in [2.05, 4.69) is 58.9 Å². The van der Waals surface area contributed by atoms with E-state index >= 15 is 0 Å². The number of ketones is 1. The maximum atomic E-state index is 12.2. The minimum absolute atomic E-state index is 0.239. The molecule has 1 aromatic carbocycles. The van der Waals surface area contributed by atoms with Crippen molar-refractivity contribution in [2.24, 2.45) is 5.92 Å². The summed E-state index contributed by atoms with van der Waals surface area (Å²) in [6.45, 7) is 4.05. The van der Waals surface area contributed by atoms with Gasteiger partial charge in [0.2, 0.25) is 0 Å². The van der Waals surface area contributed by atoms with Crippen LogP contribution in [0.3, 0.4) is 0 Å². The number of nitrogens with zero attached hydrogens (tertiary/aromatic N) is 2. The molecule has 1 unspecified atom stereocenters. The monoisotopic (exact) mass is 366 g/mol. The molecule has 0 aliphatic heterocycles. The van der Waals surface area contributed by atoms with Crippen LogP contribution < -0.4 is 0 Å². The van der Waals surface area contributed by atoms with Gasteiger partial charge < -0.3 is 0 Å². The van der Waals surface area contributed by atoms with Crippen molar-refractivity contribution < 1.29 is 4.79 Å². The van der Waals surface area contributed by atoms with E-state index in [-0.39, 0.29) is 5.78 Å². The molecule has 3 nitrogen and oxygen atoms in total. The van der Waals surface area contributed by atoms with Crippen molar-refractivity contribution >= 4 is 28.4 Å². The summed E-state index contributed by atoms with van der Waals surface area (Å²) in [5.74, 6) is 0.640. The smallest absolute Gasteiger partial charge is 0.166 e. The Kier molecular flexibility index (Phi) is 3.20. The maximum Gasteiger partial charge on any atom is 0.166 e. The second-order valence-electron chi connectivity index (χ2n) is 5.23. The van der Waals surface area contributed by atoms with Crippen molar-refractivity contribution in [3.05, 3.63) is 44.8 Å². The zero-order chi connectivity index (χ0) is 13.6. The SMILES string of the molecule is Cc1nn(-c2ccc(I)cc2)c2c1C(=O)CC(C)C2. The number of Topliss-reactive ketones (excluding diaryl/α,β-unsaturated/α-hetero) is 1. The number of aromatic nitrogens is 2. The average Bonchev–Trinajstić information content (AvgIpc) is 2.67. The van der Waals surface area contributed by atoms with Crippen LogP contribution >= 0.6 is 22.6 Å². The number of carbonyl (C=O) groups is 1. The molecule has 3 rings (SSSR count). The number of benzene rings is 1. The van der Waals surface area contributed by atoms with Crippen molar-refractivity contribution in [1.82, 2.24) is 9.78 Å². The Labute approximate surface area is 126 Å². The number of fused-ring (bicyclic) bond motifs is 1. The third-order valence-corrected chi connectivity index (χ3v) is 4.30. The van der Waals surface area contributed by atoms with Crippen LogP contribution in [0.5, 0.6) is 0 Å². The number of halogens is 1. The van der Waals surface area contributed by atoms with Gasteiger partial charge in [-0.1, -0.05) is 6.92 Å². The van der Waals surface area contributed by atoms with E-state index in [0.29, 0.717) is 12.3 Å². The van der Waals surface area contributed by atoms with Crippen LogP contribution in [-0.2, 0) is 6.42 Å². The van der Waals surface area contributed by atoms with Crippen molar-refractivity contribution in [2.45, 2.75) is 26.7 Å². The molecule has 98 valence electrons. The quantitative estimate of drug-likeness (QED) is 0.724. The highest BCUT2D eigenvalue weighted by Gasteiger charge is 2.29. The lowest BCUT2D eigenvalue weighted by Gasteiger charge is -2.19. The molecule has 4 heteroatoms. The maximum absolute atomic E-state index is 12.2. The highest BCUT2D eigenvalue weighted by molar-refractivity contribution is 14.1. The fraction of sp³-hybridized carbons (Fsp3) is 0.333. The van der Waals surface area contributed by atoms with Gasteiger partial charge in [-0.3, -0.25) is 4.79 Å². The van der Waals surface area contributed by atoms with Gasteiger partial charge in [-0.05, 0) is 66.1 Å². The molecule has 1 aliphatic carbocycles. The third-order valence-electron chi connectivity index (χ3n) is 3.58. The number of carbonyl (C=O) groups excluding carboxylic acids is 1. The fourth-order valence-corrected chi connectivity index (χ4v) is 3.10. The van der Waals surface area contributed by atoms with E-state index in [0.717, 1.165) is 29.1 Å². The van der Waals surface area contributed by atoms with Gasteiger partial charge in [0.15, 0.2) is 5.78 Å². The number of hydrogen-bond acceptors (Lipinski definition) is 2. The molecule has 1 aromatic heterocycles. The molecule has 0 fully saturated rings. The van der Waals surface area contributed by atoms with E-state index in [1.807, 2.05) is 11.6 Å². The molecular formula is C15H15IN2O. The molecule has 0 radical (unpaired) electrons. The van der Waals surface area contributed by atoms with Gasteiger partial charge in [0, 0.05) is 9.99 Å².